The molecule has 1 heterocycles. The number of likely N-dealkylation sites (N-methyl/N-ethyl adjacent to an activating group) is 1. The Morgan fingerprint density at radius 1 is 1.16 bits per heavy atom. The first-order chi connectivity index (χ1) is 12.2. The van der Waals surface area contributed by atoms with Crippen LogP contribution in [0.15, 0.2) is 18.2 Å². The third-order valence-corrected chi connectivity index (χ3v) is 4.93. The molecule has 0 radical (unpaired) electrons. The molecule has 1 aromatic carbocycles. The zero-order valence-electron chi connectivity index (χ0n) is 16.2. The normalized spacial score (nSPS) is 14.1. The maximum atomic E-state index is 5.97. The zero-order chi connectivity index (χ0) is 17.9. The van der Waals surface area contributed by atoms with Gasteiger partial charge in [-0.05, 0) is 70.1 Å². The smallest absolute Gasteiger partial charge is 0.0419 e. The standard InChI is InChI=1S/C20H37N5/c1-3-12-24(15-10-22-2)13-5-9-23-11-16-25-14-4-6-18-7-8-19(21)17-20(18)25/h7-8,17,22-23H,3-6,9-16,21H2,1-2H3. The fourth-order valence-corrected chi connectivity index (χ4v) is 3.59. The van der Waals surface area contributed by atoms with Gasteiger partial charge in [-0.15, -0.1) is 0 Å². The van der Waals surface area contributed by atoms with Crippen molar-refractivity contribution in [2.75, 3.05) is 70.0 Å². The van der Waals surface area contributed by atoms with E-state index in [1.807, 2.05) is 13.1 Å². The van der Waals surface area contributed by atoms with Crippen molar-refractivity contribution >= 4 is 11.4 Å². The molecule has 0 aromatic heterocycles. The zero-order valence-corrected chi connectivity index (χ0v) is 16.2. The molecule has 0 saturated carbocycles. The molecule has 1 aromatic rings. The van der Waals surface area contributed by atoms with Crippen molar-refractivity contribution in [3.8, 4) is 0 Å². The van der Waals surface area contributed by atoms with E-state index in [9.17, 15) is 0 Å². The minimum atomic E-state index is 0.871. The highest BCUT2D eigenvalue weighted by Gasteiger charge is 2.16. The van der Waals surface area contributed by atoms with Crippen molar-refractivity contribution in [1.29, 1.82) is 0 Å². The van der Waals surface area contributed by atoms with Crippen LogP contribution in [0.3, 0.4) is 0 Å². The SMILES string of the molecule is CCCN(CCCNCCN1CCCc2ccc(N)cc21)CCNC. The molecular weight excluding hydrogens is 310 g/mol. The number of benzene rings is 1. The van der Waals surface area contributed by atoms with E-state index >= 15 is 0 Å². The lowest BCUT2D eigenvalue weighted by molar-refractivity contribution is 0.271. The molecule has 1 aliphatic heterocycles. The second kappa shape index (κ2) is 11.3. The van der Waals surface area contributed by atoms with Gasteiger partial charge in [0.05, 0.1) is 0 Å². The number of hydrogen-bond donors (Lipinski definition) is 3. The molecule has 4 N–H and O–H groups in total. The molecule has 5 nitrogen and oxygen atoms in total. The molecule has 0 spiro atoms. The highest BCUT2D eigenvalue weighted by molar-refractivity contribution is 5.62. The van der Waals surface area contributed by atoms with Crippen LogP contribution in [0.4, 0.5) is 11.4 Å². The van der Waals surface area contributed by atoms with Crippen molar-refractivity contribution in [2.24, 2.45) is 0 Å². The van der Waals surface area contributed by atoms with Crippen LogP contribution in [0.1, 0.15) is 31.7 Å². The van der Waals surface area contributed by atoms with Gasteiger partial charge in [-0.1, -0.05) is 13.0 Å². The van der Waals surface area contributed by atoms with E-state index in [1.54, 1.807) is 0 Å². The second-order valence-corrected chi connectivity index (χ2v) is 7.03. The Morgan fingerprint density at radius 2 is 2.04 bits per heavy atom. The summed E-state index contributed by atoms with van der Waals surface area (Å²) in [4.78, 5) is 5.04. The summed E-state index contributed by atoms with van der Waals surface area (Å²) in [7, 11) is 2.03. The fraction of sp³-hybridized carbons (Fsp3) is 0.700. The molecule has 1 aliphatic rings. The minimum Gasteiger partial charge on any atom is -0.399 e. The minimum absolute atomic E-state index is 0.871. The summed E-state index contributed by atoms with van der Waals surface area (Å²) >= 11 is 0. The quantitative estimate of drug-likeness (QED) is 0.398. The van der Waals surface area contributed by atoms with Crippen LogP contribution in [0.2, 0.25) is 0 Å². The number of nitrogen functional groups attached to an aromatic ring is 1. The molecular formula is C20H37N5. The van der Waals surface area contributed by atoms with E-state index in [0.717, 1.165) is 45.0 Å². The van der Waals surface area contributed by atoms with Crippen LogP contribution in [-0.4, -0.2) is 64.3 Å². The van der Waals surface area contributed by atoms with Gasteiger partial charge < -0.3 is 26.2 Å². The summed E-state index contributed by atoms with van der Waals surface area (Å²) in [6, 6.07) is 6.35. The number of hydrogen-bond acceptors (Lipinski definition) is 5. The Bertz CT molecular complexity index is 491. The maximum absolute atomic E-state index is 5.97. The van der Waals surface area contributed by atoms with Crippen LogP contribution in [-0.2, 0) is 6.42 Å². The topological polar surface area (TPSA) is 56.6 Å². The summed E-state index contributed by atoms with van der Waals surface area (Å²) in [5, 5.41) is 6.86. The molecule has 0 bridgehead atoms. The lowest BCUT2D eigenvalue weighted by Gasteiger charge is -2.31. The van der Waals surface area contributed by atoms with Crippen molar-refractivity contribution < 1.29 is 0 Å². The van der Waals surface area contributed by atoms with Crippen LogP contribution in [0.25, 0.3) is 0 Å². The summed E-state index contributed by atoms with van der Waals surface area (Å²) in [6.45, 7) is 11.2. The van der Waals surface area contributed by atoms with Crippen LogP contribution in [0, 0.1) is 0 Å². The fourth-order valence-electron chi connectivity index (χ4n) is 3.59. The predicted octanol–water partition coefficient (Wildman–Crippen LogP) is 1.93. The van der Waals surface area contributed by atoms with Gasteiger partial charge in [0.25, 0.3) is 0 Å². The second-order valence-electron chi connectivity index (χ2n) is 7.03. The van der Waals surface area contributed by atoms with Gasteiger partial charge >= 0.3 is 0 Å². The summed E-state index contributed by atoms with van der Waals surface area (Å²) in [5.41, 5.74) is 9.63. The molecule has 0 unspecified atom stereocenters. The summed E-state index contributed by atoms with van der Waals surface area (Å²) in [5.74, 6) is 0. The first-order valence-corrected chi connectivity index (χ1v) is 9.95. The van der Waals surface area contributed by atoms with E-state index in [2.05, 4.69) is 39.5 Å². The van der Waals surface area contributed by atoms with Gasteiger partial charge in [-0.2, -0.15) is 0 Å². The van der Waals surface area contributed by atoms with E-state index in [1.165, 1.54) is 50.0 Å². The maximum Gasteiger partial charge on any atom is 0.0419 e. The van der Waals surface area contributed by atoms with E-state index < -0.39 is 0 Å². The Kier molecular flexibility index (Phi) is 9.08. The van der Waals surface area contributed by atoms with Crippen LogP contribution in [0.5, 0.6) is 0 Å². The summed E-state index contributed by atoms with van der Waals surface area (Å²) in [6.07, 6.45) is 4.87. The molecule has 0 amide bonds. The number of fused-ring (bicyclic) bond motifs is 1. The number of anilines is 2. The van der Waals surface area contributed by atoms with Gasteiger partial charge in [0.1, 0.15) is 0 Å². The Labute approximate surface area is 153 Å². The molecule has 0 aliphatic carbocycles. The average Bonchev–Trinajstić information content (AvgIpc) is 2.62. The van der Waals surface area contributed by atoms with E-state index in [0.29, 0.717) is 0 Å². The molecule has 142 valence electrons. The largest absolute Gasteiger partial charge is 0.399 e. The third-order valence-electron chi connectivity index (χ3n) is 4.93. The van der Waals surface area contributed by atoms with Crippen molar-refractivity contribution in [3.05, 3.63) is 23.8 Å². The Hall–Kier alpha value is -1.30. The first-order valence-electron chi connectivity index (χ1n) is 9.95. The highest BCUT2D eigenvalue weighted by atomic mass is 15.2. The number of nitrogens with one attached hydrogen (secondary N) is 2. The van der Waals surface area contributed by atoms with Gasteiger partial charge in [0.2, 0.25) is 0 Å². The highest BCUT2D eigenvalue weighted by Crippen LogP contribution is 2.28. The van der Waals surface area contributed by atoms with Gasteiger partial charge in [0.15, 0.2) is 0 Å². The Balaban J connectivity index is 1.64. The summed E-state index contributed by atoms with van der Waals surface area (Å²) < 4.78 is 0. The average molecular weight is 348 g/mol. The third kappa shape index (κ3) is 6.84. The lowest BCUT2D eigenvalue weighted by Crippen LogP contribution is -2.37. The van der Waals surface area contributed by atoms with E-state index in [4.69, 9.17) is 5.73 Å². The lowest BCUT2D eigenvalue weighted by atomic mass is 10.0. The van der Waals surface area contributed by atoms with Gasteiger partial charge in [0, 0.05) is 44.1 Å². The first kappa shape index (κ1) is 20.0. The van der Waals surface area contributed by atoms with Crippen molar-refractivity contribution in [2.45, 2.75) is 32.6 Å². The van der Waals surface area contributed by atoms with Crippen LogP contribution < -0.4 is 21.3 Å². The Morgan fingerprint density at radius 3 is 2.84 bits per heavy atom. The number of nitrogens with two attached hydrogens (primary N) is 1. The monoisotopic (exact) mass is 347 g/mol. The predicted molar refractivity (Wildman–Crippen MR) is 110 cm³/mol. The molecule has 5 heteroatoms. The molecule has 0 atom stereocenters. The number of nitrogens with zero attached hydrogens (tertiary/aromatic N) is 2. The van der Waals surface area contributed by atoms with Crippen LogP contribution >= 0.6 is 0 Å². The molecule has 2 rings (SSSR count). The number of aryl methyl sites for hydroxylation is 1. The molecule has 0 fully saturated rings. The molecule has 0 saturated heterocycles. The number of rotatable bonds is 12. The van der Waals surface area contributed by atoms with Gasteiger partial charge in [-0.25, -0.2) is 0 Å². The van der Waals surface area contributed by atoms with Crippen molar-refractivity contribution in [1.82, 2.24) is 15.5 Å². The molecule has 25 heavy (non-hydrogen) atoms. The van der Waals surface area contributed by atoms with E-state index in [-0.39, 0.29) is 0 Å². The van der Waals surface area contributed by atoms with Gasteiger partial charge in [-0.3, -0.25) is 0 Å². The van der Waals surface area contributed by atoms with Crippen molar-refractivity contribution in [3.63, 3.8) is 0 Å².